The fourth-order valence-corrected chi connectivity index (χ4v) is 2.56. The number of fused-ring (bicyclic) bond motifs is 1. The topological polar surface area (TPSA) is 107 Å². The van der Waals surface area contributed by atoms with Gasteiger partial charge in [-0.3, -0.25) is 19.5 Å². The Morgan fingerprint density at radius 3 is 2.84 bits per heavy atom. The summed E-state index contributed by atoms with van der Waals surface area (Å²) >= 11 is 6.01. The molecule has 3 aromatic rings. The number of nitrogens with one attached hydrogen (secondary N) is 1. The first-order valence-electron chi connectivity index (χ1n) is 7.19. The van der Waals surface area contributed by atoms with Gasteiger partial charge in [-0.25, -0.2) is 4.79 Å². The maximum absolute atomic E-state index is 12.3. The van der Waals surface area contributed by atoms with Crippen LogP contribution < -0.4 is 11.1 Å². The molecule has 0 spiro atoms. The quantitative estimate of drug-likeness (QED) is 0.567. The molecular weight excluding hydrogens is 350 g/mol. The monoisotopic (exact) mass is 361 g/mol. The number of non-ortho nitro benzene ring substituents is 1. The smallest absolute Gasteiger partial charge is 0.408 e. The van der Waals surface area contributed by atoms with E-state index in [9.17, 15) is 19.7 Å². The summed E-state index contributed by atoms with van der Waals surface area (Å²) in [5.41, 5.74) is 1.36. The van der Waals surface area contributed by atoms with Crippen LogP contribution in [-0.2, 0) is 11.3 Å². The summed E-state index contributed by atoms with van der Waals surface area (Å²) in [4.78, 5) is 34.5. The van der Waals surface area contributed by atoms with Crippen LogP contribution in [0.3, 0.4) is 0 Å². The number of aromatic nitrogens is 1. The molecule has 25 heavy (non-hydrogen) atoms. The van der Waals surface area contributed by atoms with E-state index in [1.54, 1.807) is 25.1 Å². The molecule has 3 rings (SSSR count). The summed E-state index contributed by atoms with van der Waals surface area (Å²) in [6.45, 7) is 1.40. The molecule has 128 valence electrons. The van der Waals surface area contributed by atoms with Crippen LogP contribution in [0.4, 0.5) is 11.4 Å². The number of halogens is 1. The van der Waals surface area contributed by atoms with Crippen molar-refractivity contribution < 1.29 is 14.1 Å². The number of carbonyl (C=O) groups excluding carboxylic acids is 1. The van der Waals surface area contributed by atoms with E-state index in [4.69, 9.17) is 16.0 Å². The summed E-state index contributed by atoms with van der Waals surface area (Å²) in [6, 6.07) is 8.81. The normalized spacial score (nSPS) is 10.8. The van der Waals surface area contributed by atoms with Crippen molar-refractivity contribution in [1.82, 2.24) is 4.57 Å². The van der Waals surface area contributed by atoms with Gasteiger partial charge in [0, 0.05) is 22.8 Å². The molecule has 0 radical (unpaired) electrons. The zero-order chi connectivity index (χ0) is 18.1. The maximum Gasteiger partial charge on any atom is 0.420 e. The zero-order valence-corrected chi connectivity index (χ0v) is 13.7. The third-order valence-electron chi connectivity index (χ3n) is 3.71. The van der Waals surface area contributed by atoms with Gasteiger partial charge in [0.1, 0.15) is 6.54 Å². The lowest BCUT2D eigenvalue weighted by Gasteiger charge is -2.09. The van der Waals surface area contributed by atoms with E-state index in [1.165, 1.54) is 18.2 Å². The molecule has 0 aliphatic carbocycles. The highest BCUT2D eigenvalue weighted by Crippen LogP contribution is 2.23. The van der Waals surface area contributed by atoms with E-state index < -0.39 is 16.6 Å². The zero-order valence-electron chi connectivity index (χ0n) is 13.0. The average molecular weight is 362 g/mol. The van der Waals surface area contributed by atoms with Crippen LogP contribution in [0.25, 0.3) is 11.1 Å². The van der Waals surface area contributed by atoms with Crippen molar-refractivity contribution in [3.63, 3.8) is 0 Å². The molecule has 2 aromatic carbocycles. The molecule has 0 aliphatic heterocycles. The van der Waals surface area contributed by atoms with Crippen LogP contribution in [-0.4, -0.2) is 15.4 Å². The number of amides is 1. The van der Waals surface area contributed by atoms with E-state index in [0.717, 1.165) is 4.57 Å². The summed E-state index contributed by atoms with van der Waals surface area (Å²) < 4.78 is 6.05. The minimum Gasteiger partial charge on any atom is -0.408 e. The Kier molecular flexibility index (Phi) is 4.28. The molecule has 8 nitrogen and oxygen atoms in total. The van der Waals surface area contributed by atoms with Gasteiger partial charge < -0.3 is 9.73 Å². The van der Waals surface area contributed by atoms with Gasteiger partial charge in [0.05, 0.1) is 10.4 Å². The number of hydrogen-bond acceptors (Lipinski definition) is 5. The predicted octanol–water partition coefficient (Wildman–Crippen LogP) is 3.10. The van der Waals surface area contributed by atoms with Crippen molar-refractivity contribution in [2.45, 2.75) is 13.5 Å². The standard InChI is InChI=1S/C16H12ClN3O5/c1-9-11(17)3-2-4-12(9)18-15(21)8-19-13-7-10(20(23)24)5-6-14(13)25-16(19)22/h2-7H,8H2,1H3,(H,18,21). The number of nitro benzene ring substituents is 1. The van der Waals surface area contributed by atoms with Crippen molar-refractivity contribution in [3.05, 3.63) is 67.6 Å². The Bertz CT molecular complexity index is 1050. The molecule has 0 saturated carbocycles. The van der Waals surface area contributed by atoms with Gasteiger partial charge >= 0.3 is 5.76 Å². The van der Waals surface area contributed by atoms with E-state index in [2.05, 4.69) is 5.32 Å². The number of nitrogens with zero attached hydrogens (tertiary/aromatic N) is 2. The van der Waals surface area contributed by atoms with Gasteiger partial charge in [-0.1, -0.05) is 17.7 Å². The highest BCUT2D eigenvalue weighted by Gasteiger charge is 2.17. The molecule has 1 heterocycles. The van der Waals surface area contributed by atoms with Crippen LogP contribution in [0, 0.1) is 17.0 Å². The molecule has 9 heteroatoms. The summed E-state index contributed by atoms with van der Waals surface area (Å²) in [6.07, 6.45) is 0. The number of anilines is 1. The van der Waals surface area contributed by atoms with Gasteiger partial charge in [-0.2, -0.15) is 0 Å². The largest absolute Gasteiger partial charge is 0.420 e. The second-order valence-corrected chi connectivity index (χ2v) is 5.73. The van der Waals surface area contributed by atoms with Crippen molar-refractivity contribution in [3.8, 4) is 0 Å². The van der Waals surface area contributed by atoms with Crippen LogP contribution in [0.2, 0.25) is 5.02 Å². The fourth-order valence-electron chi connectivity index (χ4n) is 2.39. The third-order valence-corrected chi connectivity index (χ3v) is 4.11. The van der Waals surface area contributed by atoms with Crippen LogP contribution in [0.15, 0.2) is 45.6 Å². The van der Waals surface area contributed by atoms with E-state index >= 15 is 0 Å². The minimum absolute atomic E-state index is 0.169. The summed E-state index contributed by atoms with van der Waals surface area (Å²) in [5, 5.41) is 14.1. The Morgan fingerprint density at radius 1 is 1.36 bits per heavy atom. The molecular formula is C16H12ClN3O5. The second kappa shape index (κ2) is 6.40. The fraction of sp³-hybridized carbons (Fsp3) is 0.125. The average Bonchev–Trinajstić information content (AvgIpc) is 2.87. The summed E-state index contributed by atoms with van der Waals surface area (Å²) in [5.74, 6) is -1.25. The second-order valence-electron chi connectivity index (χ2n) is 5.32. The molecule has 1 N–H and O–H groups in total. The van der Waals surface area contributed by atoms with Crippen molar-refractivity contribution in [2.24, 2.45) is 0 Å². The van der Waals surface area contributed by atoms with Gasteiger partial charge in [0.15, 0.2) is 5.58 Å². The van der Waals surface area contributed by atoms with Crippen molar-refractivity contribution in [1.29, 1.82) is 0 Å². The number of benzene rings is 2. The maximum atomic E-state index is 12.3. The third kappa shape index (κ3) is 3.24. The molecule has 1 aromatic heterocycles. The molecule has 0 bridgehead atoms. The predicted molar refractivity (Wildman–Crippen MR) is 91.9 cm³/mol. The number of hydrogen-bond donors (Lipinski definition) is 1. The highest BCUT2D eigenvalue weighted by molar-refractivity contribution is 6.31. The first-order valence-corrected chi connectivity index (χ1v) is 7.57. The number of carbonyl (C=O) groups is 1. The first-order chi connectivity index (χ1) is 11.9. The summed E-state index contributed by atoms with van der Waals surface area (Å²) in [7, 11) is 0. The number of oxazole rings is 1. The molecule has 0 saturated heterocycles. The van der Waals surface area contributed by atoms with Crippen LogP contribution >= 0.6 is 11.6 Å². The van der Waals surface area contributed by atoms with Crippen molar-refractivity contribution >= 4 is 40.0 Å². The molecule has 1 amide bonds. The lowest BCUT2D eigenvalue weighted by Crippen LogP contribution is -2.25. The Balaban J connectivity index is 1.92. The van der Waals surface area contributed by atoms with Crippen LogP contribution in [0.1, 0.15) is 5.56 Å². The SMILES string of the molecule is Cc1c(Cl)cccc1NC(=O)Cn1c(=O)oc2ccc([N+](=O)[O-])cc21. The van der Waals surface area contributed by atoms with Crippen molar-refractivity contribution in [2.75, 3.05) is 5.32 Å². The van der Waals surface area contributed by atoms with Gasteiger partial charge in [-0.05, 0) is 30.7 Å². The van der Waals surface area contributed by atoms with Gasteiger partial charge in [0.2, 0.25) is 5.91 Å². The number of nitro groups is 1. The van der Waals surface area contributed by atoms with Crippen LogP contribution in [0.5, 0.6) is 0 Å². The Hall–Kier alpha value is -3.13. The highest BCUT2D eigenvalue weighted by atomic mass is 35.5. The molecule has 0 fully saturated rings. The van der Waals surface area contributed by atoms with Gasteiger partial charge in [-0.15, -0.1) is 0 Å². The van der Waals surface area contributed by atoms with E-state index in [0.29, 0.717) is 16.3 Å². The number of rotatable bonds is 4. The minimum atomic E-state index is -0.770. The molecule has 0 unspecified atom stereocenters. The lowest BCUT2D eigenvalue weighted by molar-refractivity contribution is -0.384. The Morgan fingerprint density at radius 2 is 2.12 bits per heavy atom. The van der Waals surface area contributed by atoms with E-state index in [1.807, 2.05) is 0 Å². The lowest BCUT2D eigenvalue weighted by atomic mass is 10.2. The van der Waals surface area contributed by atoms with E-state index in [-0.39, 0.29) is 23.3 Å². The molecule has 0 atom stereocenters. The Labute approximate surface area is 145 Å². The van der Waals surface area contributed by atoms with Gasteiger partial charge in [0.25, 0.3) is 5.69 Å². The molecule has 0 aliphatic rings. The first kappa shape index (κ1) is 16.7.